The summed E-state index contributed by atoms with van der Waals surface area (Å²) < 4.78 is 5.08. The van der Waals surface area contributed by atoms with Gasteiger partial charge in [0.15, 0.2) is 0 Å². The lowest BCUT2D eigenvalue weighted by Crippen LogP contribution is -2.33. The number of benzene rings is 2. The quantitative estimate of drug-likeness (QED) is 0.463. The number of nitro benzene ring substituents is 1. The van der Waals surface area contributed by atoms with Crippen LogP contribution in [0.2, 0.25) is 0 Å². The van der Waals surface area contributed by atoms with Gasteiger partial charge in [-0.05, 0) is 36.4 Å². The highest BCUT2D eigenvalue weighted by Crippen LogP contribution is 2.35. The van der Waals surface area contributed by atoms with E-state index in [9.17, 15) is 19.7 Å². The zero-order valence-electron chi connectivity index (χ0n) is 14.1. The standard InChI is InChI=1S/C18H13N3O6/c1-26-13-8-6-11(7-9-13)20-17(22)14-15(19-27-16(14)18(20)23)10-2-4-12(5-3-10)21(24)25/h2-9,14,16H,1H3/t14-,16+/m0/s1. The normalized spacial score (nSPS) is 20.9. The highest BCUT2D eigenvalue weighted by molar-refractivity contribution is 6.32. The van der Waals surface area contributed by atoms with Gasteiger partial charge in [0.2, 0.25) is 12.0 Å². The molecule has 0 unspecified atom stereocenters. The number of oxime groups is 1. The fraction of sp³-hybridized carbons (Fsp3) is 0.167. The number of rotatable bonds is 4. The van der Waals surface area contributed by atoms with E-state index in [-0.39, 0.29) is 11.4 Å². The van der Waals surface area contributed by atoms with E-state index in [2.05, 4.69) is 5.16 Å². The van der Waals surface area contributed by atoms with Crippen LogP contribution in [0.4, 0.5) is 11.4 Å². The average molecular weight is 367 g/mol. The molecule has 2 aliphatic heterocycles. The first-order valence-electron chi connectivity index (χ1n) is 8.01. The molecule has 0 bridgehead atoms. The van der Waals surface area contributed by atoms with Crippen LogP contribution in [0.5, 0.6) is 5.75 Å². The smallest absolute Gasteiger partial charge is 0.278 e. The topological polar surface area (TPSA) is 111 Å². The van der Waals surface area contributed by atoms with Crippen LogP contribution in [0.25, 0.3) is 0 Å². The summed E-state index contributed by atoms with van der Waals surface area (Å²) in [6, 6.07) is 12.1. The maximum absolute atomic E-state index is 12.9. The molecule has 4 rings (SSSR count). The molecule has 2 aliphatic rings. The van der Waals surface area contributed by atoms with E-state index < -0.39 is 28.8 Å². The number of hydrogen-bond acceptors (Lipinski definition) is 7. The zero-order chi connectivity index (χ0) is 19.1. The predicted molar refractivity (Wildman–Crippen MR) is 93.5 cm³/mol. The molecular formula is C18H13N3O6. The molecule has 2 atom stereocenters. The maximum Gasteiger partial charge on any atom is 0.278 e. The SMILES string of the molecule is COc1ccc(N2C(=O)[C@H]3C(c4ccc([N+](=O)[O-])cc4)=NO[C@H]3C2=O)cc1. The number of non-ortho nitro benzene ring substituents is 1. The highest BCUT2D eigenvalue weighted by atomic mass is 16.7. The Kier molecular flexibility index (Phi) is 3.84. The van der Waals surface area contributed by atoms with Crippen LogP contribution in [0.1, 0.15) is 5.56 Å². The van der Waals surface area contributed by atoms with E-state index in [0.29, 0.717) is 17.0 Å². The van der Waals surface area contributed by atoms with Crippen LogP contribution in [0.3, 0.4) is 0 Å². The molecular weight excluding hydrogens is 354 g/mol. The first kappa shape index (κ1) is 16.7. The second-order valence-corrected chi connectivity index (χ2v) is 5.99. The number of amides is 2. The minimum Gasteiger partial charge on any atom is -0.497 e. The Labute approximate surface area is 152 Å². The Bertz CT molecular complexity index is 968. The van der Waals surface area contributed by atoms with Gasteiger partial charge in [0, 0.05) is 17.7 Å². The zero-order valence-corrected chi connectivity index (χ0v) is 14.1. The fourth-order valence-corrected chi connectivity index (χ4v) is 3.16. The van der Waals surface area contributed by atoms with Gasteiger partial charge in [0.25, 0.3) is 11.6 Å². The summed E-state index contributed by atoms with van der Waals surface area (Å²) in [6.07, 6.45) is -1.04. The number of carbonyl (C=O) groups is 2. The Morgan fingerprint density at radius 1 is 1.07 bits per heavy atom. The summed E-state index contributed by atoms with van der Waals surface area (Å²) >= 11 is 0. The van der Waals surface area contributed by atoms with Crippen molar-refractivity contribution in [1.82, 2.24) is 0 Å². The minimum absolute atomic E-state index is 0.0801. The number of anilines is 1. The molecule has 2 aromatic carbocycles. The van der Waals surface area contributed by atoms with Gasteiger partial charge >= 0.3 is 0 Å². The van der Waals surface area contributed by atoms with Crippen LogP contribution in [-0.2, 0) is 14.4 Å². The minimum atomic E-state index is -1.04. The molecule has 0 N–H and O–H groups in total. The van der Waals surface area contributed by atoms with Crippen molar-refractivity contribution in [3.8, 4) is 5.75 Å². The van der Waals surface area contributed by atoms with Crippen LogP contribution in [-0.4, -0.2) is 35.7 Å². The van der Waals surface area contributed by atoms with Gasteiger partial charge in [-0.1, -0.05) is 5.16 Å². The molecule has 0 aliphatic carbocycles. The van der Waals surface area contributed by atoms with Crippen LogP contribution < -0.4 is 9.64 Å². The molecule has 9 nitrogen and oxygen atoms in total. The second-order valence-electron chi connectivity index (χ2n) is 5.99. The summed E-state index contributed by atoms with van der Waals surface area (Å²) in [7, 11) is 1.52. The van der Waals surface area contributed by atoms with Crippen molar-refractivity contribution in [2.75, 3.05) is 12.0 Å². The van der Waals surface area contributed by atoms with Gasteiger partial charge in [-0.15, -0.1) is 0 Å². The molecule has 0 radical (unpaired) electrons. The number of imide groups is 1. The number of nitrogens with zero attached hydrogens (tertiary/aromatic N) is 3. The summed E-state index contributed by atoms with van der Waals surface area (Å²) in [5.74, 6) is -1.25. The summed E-state index contributed by atoms with van der Waals surface area (Å²) in [6.45, 7) is 0. The lowest BCUT2D eigenvalue weighted by Gasteiger charge is -2.15. The number of hydrogen-bond donors (Lipinski definition) is 0. The van der Waals surface area contributed by atoms with Gasteiger partial charge in [0.05, 0.1) is 17.7 Å². The maximum atomic E-state index is 12.9. The summed E-state index contributed by atoms with van der Waals surface area (Å²) in [4.78, 5) is 42.1. The van der Waals surface area contributed by atoms with E-state index in [0.717, 1.165) is 4.90 Å². The fourth-order valence-electron chi connectivity index (χ4n) is 3.16. The Morgan fingerprint density at radius 2 is 1.74 bits per heavy atom. The molecule has 2 aromatic rings. The van der Waals surface area contributed by atoms with E-state index in [1.165, 1.54) is 31.4 Å². The van der Waals surface area contributed by atoms with Crippen molar-refractivity contribution < 1.29 is 24.1 Å². The predicted octanol–water partition coefficient (Wildman–Crippen LogP) is 1.90. The molecule has 1 saturated heterocycles. The second kappa shape index (κ2) is 6.20. The van der Waals surface area contributed by atoms with Gasteiger partial charge in [0.1, 0.15) is 17.4 Å². The van der Waals surface area contributed by atoms with Crippen LogP contribution in [0, 0.1) is 16.0 Å². The number of fused-ring (bicyclic) bond motifs is 1. The number of nitro groups is 1. The van der Waals surface area contributed by atoms with E-state index in [1.807, 2.05) is 0 Å². The van der Waals surface area contributed by atoms with Crippen LogP contribution >= 0.6 is 0 Å². The van der Waals surface area contributed by atoms with Crippen LogP contribution in [0.15, 0.2) is 53.7 Å². The van der Waals surface area contributed by atoms with Crippen molar-refractivity contribution >= 4 is 28.9 Å². The third kappa shape index (κ3) is 2.60. The van der Waals surface area contributed by atoms with E-state index in [1.54, 1.807) is 24.3 Å². The van der Waals surface area contributed by atoms with Gasteiger partial charge in [-0.3, -0.25) is 19.7 Å². The van der Waals surface area contributed by atoms with Crippen molar-refractivity contribution in [3.63, 3.8) is 0 Å². The number of ether oxygens (including phenoxy) is 1. The third-order valence-corrected chi connectivity index (χ3v) is 4.52. The molecule has 0 spiro atoms. The van der Waals surface area contributed by atoms with E-state index >= 15 is 0 Å². The molecule has 0 aromatic heterocycles. The lowest BCUT2D eigenvalue weighted by atomic mass is 9.94. The first-order chi connectivity index (χ1) is 13.0. The summed E-state index contributed by atoms with van der Waals surface area (Å²) in [5, 5.41) is 14.7. The molecule has 2 amide bonds. The Hall–Kier alpha value is -3.75. The van der Waals surface area contributed by atoms with E-state index in [4.69, 9.17) is 9.57 Å². The first-order valence-corrected chi connectivity index (χ1v) is 8.01. The molecule has 136 valence electrons. The van der Waals surface area contributed by atoms with Crippen molar-refractivity contribution in [3.05, 3.63) is 64.2 Å². The van der Waals surface area contributed by atoms with Gasteiger partial charge in [-0.25, -0.2) is 4.90 Å². The van der Waals surface area contributed by atoms with Crippen molar-refractivity contribution in [1.29, 1.82) is 0 Å². The Morgan fingerprint density at radius 3 is 2.33 bits per heavy atom. The molecule has 0 saturated carbocycles. The number of methoxy groups -OCH3 is 1. The largest absolute Gasteiger partial charge is 0.497 e. The Balaban J connectivity index is 1.64. The lowest BCUT2D eigenvalue weighted by molar-refractivity contribution is -0.384. The molecule has 2 heterocycles. The summed E-state index contributed by atoms with van der Waals surface area (Å²) in [5.41, 5.74) is 1.10. The molecule has 9 heteroatoms. The van der Waals surface area contributed by atoms with Gasteiger partial charge in [-0.2, -0.15) is 0 Å². The average Bonchev–Trinajstić information content (AvgIpc) is 3.22. The highest BCUT2D eigenvalue weighted by Gasteiger charge is 2.56. The monoisotopic (exact) mass is 367 g/mol. The third-order valence-electron chi connectivity index (χ3n) is 4.52. The molecule has 27 heavy (non-hydrogen) atoms. The van der Waals surface area contributed by atoms with Crippen molar-refractivity contribution in [2.45, 2.75) is 6.10 Å². The molecule has 1 fully saturated rings. The van der Waals surface area contributed by atoms with Crippen molar-refractivity contribution in [2.24, 2.45) is 11.1 Å². The number of carbonyl (C=O) groups excluding carboxylic acids is 2. The van der Waals surface area contributed by atoms with Gasteiger partial charge < -0.3 is 9.57 Å².